The summed E-state index contributed by atoms with van der Waals surface area (Å²) < 4.78 is 6.90. The summed E-state index contributed by atoms with van der Waals surface area (Å²) in [5.41, 5.74) is 2.49. The molecule has 0 spiro atoms. The smallest absolute Gasteiger partial charge is 0.358 e. The Morgan fingerprint density at radius 2 is 2.22 bits per heavy atom. The average Bonchev–Trinajstić information content (AvgIpc) is 2.96. The fourth-order valence-electron chi connectivity index (χ4n) is 1.79. The lowest BCUT2D eigenvalue weighted by molar-refractivity contribution is 0.0686. The van der Waals surface area contributed by atoms with Gasteiger partial charge in [0.2, 0.25) is 0 Å². The lowest BCUT2D eigenvalue weighted by atomic mass is 10.1. The Balaban J connectivity index is 2.12. The molecule has 0 aliphatic rings. The van der Waals surface area contributed by atoms with E-state index in [1.165, 1.54) is 6.07 Å². The van der Waals surface area contributed by atoms with Crippen molar-refractivity contribution in [2.24, 2.45) is 7.05 Å². The maximum atomic E-state index is 10.7. The second-order valence-electron chi connectivity index (χ2n) is 3.94. The van der Waals surface area contributed by atoms with Crippen LogP contribution in [0.1, 0.15) is 10.5 Å². The summed E-state index contributed by atoms with van der Waals surface area (Å²) in [4.78, 5) is 14.9. The molecule has 2 heterocycles. The second kappa shape index (κ2) is 3.69. The number of imidazole rings is 1. The van der Waals surface area contributed by atoms with Gasteiger partial charge in [0.15, 0.2) is 11.5 Å². The minimum absolute atomic E-state index is 0.102. The average molecular weight is 243 g/mol. The van der Waals surface area contributed by atoms with Gasteiger partial charge >= 0.3 is 5.97 Å². The van der Waals surface area contributed by atoms with Crippen LogP contribution in [0.25, 0.3) is 22.4 Å². The fraction of sp³-hybridized carbons (Fsp3) is 0.0833. The zero-order chi connectivity index (χ0) is 12.7. The van der Waals surface area contributed by atoms with E-state index < -0.39 is 5.97 Å². The van der Waals surface area contributed by atoms with Gasteiger partial charge < -0.3 is 14.2 Å². The van der Waals surface area contributed by atoms with Gasteiger partial charge in [-0.2, -0.15) is 0 Å². The summed E-state index contributed by atoms with van der Waals surface area (Å²) in [6.07, 6.45) is 1.72. The van der Waals surface area contributed by atoms with Crippen LogP contribution < -0.4 is 0 Å². The van der Waals surface area contributed by atoms with E-state index in [1.807, 2.05) is 29.8 Å². The molecule has 3 rings (SSSR count). The van der Waals surface area contributed by atoms with Crippen molar-refractivity contribution in [1.29, 1.82) is 0 Å². The van der Waals surface area contributed by atoms with Crippen molar-refractivity contribution in [1.82, 2.24) is 14.7 Å². The number of aromatic carboxylic acids is 1. The first kappa shape index (κ1) is 10.5. The highest BCUT2D eigenvalue weighted by Gasteiger charge is 2.13. The summed E-state index contributed by atoms with van der Waals surface area (Å²) in [5.74, 6) is -0.679. The molecule has 18 heavy (non-hydrogen) atoms. The highest BCUT2D eigenvalue weighted by molar-refractivity contribution is 5.87. The molecular weight excluding hydrogens is 234 g/mol. The summed E-state index contributed by atoms with van der Waals surface area (Å²) in [6, 6.07) is 6.96. The quantitative estimate of drug-likeness (QED) is 0.743. The monoisotopic (exact) mass is 243 g/mol. The van der Waals surface area contributed by atoms with Crippen LogP contribution in [0.3, 0.4) is 0 Å². The van der Waals surface area contributed by atoms with Gasteiger partial charge in [0, 0.05) is 18.7 Å². The summed E-state index contributed by atoms with van der Waals surface area (Å²) >= 11 is 0. The Morgan fingerprint density at radius 3 is 2.94 bits per heavy atom. The molecule has 0 amide bonds. The number of benzene rings is 1. The van der Waals surface area contributed by atoms with E-state index >= 15 is 0 Å². The molecule has 6 heteroatoms. The fourth-order valence-corrected chi connectivity index (χ4v) is 1.79. The van der Waals surface area contributed by atoms with Crippen LogP contribution in [-0.2, 0) is 7.05 Å². The molecule has 2 aromatic heterocycles. The van der Waals surface area contributed by atoms with Crippen molar-refractivity contribution >= 4 is 17.0 Å². The first-order valence-electron chi connectivity index (χ1n) is 5.26. The molecule has 3 aromatic rings. The van der Waals surface area contributed by atoms with Crippen LogP contribution in [0.15, 0.2) is 35.1 Å². The number of carboxylic acids is 1. The van der Waals surface area contributed by atoms with Crippen LogP contribution in [0, 0.1) is 0 Å². The van der Waals surface area contributed by atoms with E-state index in [-0.39, 0.29) is 5.69 Å². The van der Waals surface area contributed by atoms with Crippen LogP contribution in [0.5, 0.6) is 0 Å². The third kappa shape index (κ3) is 1.55. The van der Waals surface area contributed by atoms with Crippen LogP contribution in [-0.4, -0.2) is 25.8 Å². The van der Waals surface area contributed by atoms with Gasteiger partial charge in [-0.15, -0.1) is 0 Å². The molecule has 1 aromatic carbocycles. The third-order valence-corrected chi connectivity index (χ3v) is 2.74. The molecule has 0 aliphatic carbocycles. The largest absolute Gasteiger partial charge is 0.476 e. The molecule has 0 fully saturated rings. The topological polar surface area (TPSA) is 81.2 Å². The number of fused-ring (bicyclic) bond motifs is 1. The molecule has 90 valence electrons. The van der Waals surface area contributed by atoms with Gasteiger partial charge in [-0.3, -0.25) is 0 Å². The number of hydrogen-bond acceptors (Lipinski definition) is 4. The highest BCUT2D eigenvalue weighted by atomic mass is 16.5. The predicted molar refractivity (Wildman–Crippen MR) is 63.2 cm³/mol. The number of nitrogens with zero attached hydrogens (tertiary/aromatic N) is 3. The molecule has 6 nitrogen and oxygen atoms in total. The van der Waals surface area contributed by atoms with E-state index in [0.717, 1.165) is 16.6 Å². The van der Waals surface area contributed by atoms with Gasteiger partial charge in [0.1, 0.15) is 0 Å². The van der Waals surface area contributed by atoms with Gasteiger partial charge in [-0.25, -0.2) is 9.78 Å². The molecule has 0 radical (unpaired) electrons. The van der Waals surface area contributed by atoms with Gasteiger partial charge in [-0.1, -0.05) is 5.16 Å². The van der Waals surface area contributed by atoms with E-state index in [4.69, 9.17) is 9.63 Å². The molecule has 0 bridgehead atoms. The Morgan fingerprint density at radius 1 is 1.39 bits per heavy atom. The van der Waals surface area contributed by atoms with E-state index in [0.29, 0.717) is 5.76 Å². The number of aryl methyl sites for hydroxylation is 1. The van der Waals surface area contributed by atoms with Crippen molar-refractivity contribution in [3.8, 4) is 11.3 Å². The summed E-state index contributed by atoms with van der Waals surface area (Å²) in [7, 11) is 1.89. The number of carboxylic acid groups (broad SMARTS) is 1. The standard InChI is InChI=1S/C12H9N3O3/c1-15-6-13-8-3-2-7(4-10(8)15)11-5-9(12(16)17)14-18-11/h2-6H,1H3,(H,16,17). The molecule has 0 aliphatic heterocycles. The van der Waals surface area contributed by atoms with Gasteiger partial charge in [-0.05, 0) is 18.2 Å². The Kier molecular flexibility index (Phi) is 2.16. The first-order valence-corrected chi connectivity index (χ1v) is 5.26. The van der Waals surface area contributed by atoms with Crippen molar-refractivity contribution in [3.05, 3.63) is 36.3 Å². The highest BCUT2D eigenvalue weighted by Crippen LogP contribution is 2.24. The zero-order valence-electron chi connectivity index (χ0n) is 9.49. The van der Waals surface area contributed by atoms with Crippen molar-refractivity contribution in [2.45, 2.75) is 0 Å². The minimum Gasteiger partial charge on any atom is -0.476 e. The predicted octanol–water partition coefficient (Wildman–Crippen LogP) is 1.93. The Bertz CT molecular complexity index is 742. The van der Waals surface area contributed by atoms with Crippen LogP contribution >= 0.6 is 0 Å². The normalized spacial score (nSPS) is 10.9. The zero-order valence-corrected chi connectivity index (χ0v) is 9.49. The molecular formula is C12H9N3O3. The molecule has 0 atom stereocenters. The van der Waals surface area contributed by atoms with Crippen molar-refractivity contribution in [3.63, 3.8) is 0 Å². The maximum absolute atomic E-state index is 10.7. The summed E-state index contributed by atoms with van der Waals surface area (Å²) in [6.45, 7) is 0. The Labute approximate surface area is 101 Å². The molecule has 1 N–H and O–H groups in total. The minimum atomic E-state index is -1.10. The number of hydrogen-bond donors (Lipinski definition) is 1. The second-order valence-corrected chi connectivity index (χ2v) is 3.94. The van der Waals surface area contributed by atoms with Gasteiger partial charge in [0.05, 0.1) is 17.4 Å². The van der Waals surface area contributed by atoms with Crippen molar-refractivity contribution in [2.75, 3.05) is 0 Å². The number of carbonyl (C=O) groups is 1. The lowest BCUT2D eigenvalue weighted by Gasteiger charge is -1.97. The first-order chi connectivity index (χ1) is 8.65. The Hall–Kier alpha value is -2.63. The van der Waals surface area contributed by atoms with E-state index in [1.54, 1.807) is 6.33 Å². The lowest BCUT2D eigenvalue weighted by Crippen LogP contribution is -1.94. The number of rotatable bonds is 2. The molecule has 0 saturated carbocycles. The molecule has 0 unspecified atom stereocenters. The molecule has 0 saturated heterocycles. The maximum Gasteiger partial charge on any atom is 0.358 e. The summed E-state index contributed by atoms with van der Waals surface area (Å²) in [5, 5.41) is 12.3. The number of aromatic nitrogens is 3. The van der Waals surface area contributed by atoms with E-state index in [9.17, 15) is 4.79 Å². The van der Waals surface area contributed by atoms with Crippen LogP contribution in [0.4, 0.5) is 0 Å². The SMILES string of the molecule is Cn1cnc2ccc(-c3cc(C(=O)O)no3)cc21. The van der Waals surface area contributed by atoms with E-state index in [2.05, 4.69) is 10.1 Å². The van der Waals surface area contributed by atoms with Crippen LogP contribution in [0.2, 0.25) is 0 Å². The third-order valence-electron chi connectivity index (χ3n) is 2.74. The van der Waals surface area contributed by atoms with Crippen molar-refractivity contribution < 1.29 is 14.4 Å². The van der Waals surface area contributed by atoms with Gasteiger partial charge in [0.25, 0.3) is 0 Å².